The molecule has 6 heterocycles. The molecule has 0 unspecified atom stereocenters. The van der Waals surface area contributed by atoms with Crippen molar-refractivity contribution in [2.45, 2.75) is 178 Å². The fourth-order valence-corrected chi connectivity index (χ4v) is 16.2. The Bertz CT molecular complexity index is 4870. The highest BCUT2D eigenvalue weighted by Crippen LogP contribution is 2.36. The fraction of sp³-hybridized carbons (Fsp3) is 0.386. The summed E-state index contributed by atoms with van der Waals surface area (Å²) in [5, 5.41) is 43.2. The van der Waals surface area contributed by atoms with E-state index in [0.29, 0.717) is 68.9 Å². The molecule has 0 amide bonds. The quantitative estimate of drug-likeness (QED) is 0.0621. The summed E-state index contributed by atoms with van der Waals surface area (Å²) in [6.45, 7) is 2.31. The van der Waals surface area contributed by atoms with Crippen LogP contribution in [0.15, 0.2) is 179 Å². The maximum Gasteiger partial charge on any atom is 0.261 e. The van der Waals surface area contributed by atoms with Crippen molar-refractivity contribution < 1.29 is 24.8 Å². The minimum absolute atomic E-state index is 0.0872. The van der Waals surface area contributed by atoms with Crippen molar-refractivity contribution in [2.24, 2.45) is 5.92 Å². The molecule has 4 saturated carbocycles. The van der Waals surface area contributed by atoms with Gasteiger partial charge in [0.05, 0.1) is 102 Å². The zero-order chi connectivity index (χ0) is 70.8. The van der Waals surface area contributed by atoms with Crippen LogP contribution >= 0.6 is 11.6 Å². The van der Waals surface area contributed by atoms with E-state index in [1.807, 2.05) is 103 Å². The first kappa shape index (κ1) is 71.1. The highest BCUT2D eigenvalue weighted by Gasteiger charge is 2.30. The molecule has 4 fully saturated rings. The molecule has 0 aliphatic heterocycles. The van der Waals surface area contributed by atoms with Crippen LogP contribution in [0.3, 0.4) is 0 Å². The number of fused-ring (bicyclic) bond motifs is 9. The van der Waals surface area contributed by atoms with Gasteiger partial charge in [-0.05, 0) is 157 Å². The molecule has 18 nitrogen and oxygen atoms in total. The van der Waals surface area contributed by atoms with Gasteiger partial charge < -0.3 is 30.1 Å². The van der Waals surface area contributed by atoms with Gasteiger partial charge in [0.1, 0.15) is 5.15 Å². The first-order valence-electron chi connectivity index (χ1n) is 36.3. The molecule has 6 aromatic heterocycles. The lowest BCUT2D eigenvalue weighted by atomic mass is 9.83. The molecule has 0 bridgehead atoms. The molecule has 0 spiro atoms. The minimum Gasteiger partial charge on any atom is -0.481 e. The molecule has 8 atom stereocenters. The highest BCUT2D eigenvalue weighted by atomic mass is 35.5. The standard InChI is InChI=1S/2C25H25N3O3.C24H22ClN3O2.C9H19N/c2*1-31-23-11-10-16(14-26-23)12-17-13-20-24(19-7-3-2-6-18(17)19)27-15-28(25(20)30)21-8-4-5-9-22(21)29;25-22-10-9-15(13-26-22)11-16-12-19-23(18-6-2-1-5-17(16)18)27-14-28(24(19)30)20-7-3-4-8-21(20)29;1-3-8-6-4-5-7-9(8)10-2/h2*2-3,6-7,10-11,13-15,21-22,29H,4-5,8-9,12H2,1H3;1-2,5-6,9-10,12-14,20-21,29H,3-4,7-8,11H2;8-10H,3-7H2,1-2H3/t2*21-,22-;20-,21-;8-,9-/m0001/s1. The van der Waals surface area contributed by atoms with Gasteiger partial charge in [0.2, 0.25) is 11.8 Å². The summed E-state index contributed by atoms with van der Waals surface area (Å²) in [5.41, 5.74) is 8.10. The molecule has 12 aromatic rings. The summed E-state index contributed by atoms with van der Waals surface area (Å²) in [4.78, 5) is 67.2. The number of aliphatic hydroxyl groups excluding tert-OH is 3. The van der Waals surface area contributed by atoms with Crippen LogP contribution in [-0.4, -0.2) is 105 Å². The molecular weight excluding hydrogens is 1300 g/mol. The van der Waals surface area contributed by atoms with Crippen LogP contribution in [0, 0.1) is 5.92 Å². The number of hydrogen-bond donors (Lipinski definition) is 4. The molecular formula is C83H91ClN10O8. The molecule has 0 radical (unpaired) electrons. The fourth-order valence-electron chi connectivity index (χ4n) is 16.1. The van der Waals surface area contributed by atoms with Crippen molar-refractivity contribution in [3.63, 3.8) is 0 Å². The number of benzene rings is 6. The number of aromatic nitrogens is 9. The number of nitrogens with zero attached hydrogens (tertiary/aromatic N) is 9. The third-order valence-electron chi connectivity index (χ3n) is 21.6. The van der Waals surface area contributed by atoms with E-state index in [9.17, 15) is 29.7 Å². The van der Waals surface area contributed by atoms with Crippen molar-refractivity contribution in [1.82, 2.24) is 48.9 Å². The molecule has 4 N–H and O–H groups in total. The number of pyridine rings is 3. The average Bonchev–Trinajstić information content (AvgIpc) is 0.764. The Labute approximate surface area is 598 Å². The monoisotopic (exact) mass is 1390 g/mol. The smallest absolute Gasteiger partial charge is 0.261 e. The van der Waals surface area contributed by atoms with Crippen LogP contribution < -0.4 is 31.5 Å². The van der Waals surface area contributed by atoms with Crippen molar-refractivity contribution in [1.29, 1.82) is 0 Å². The Hall–Kier alpha value is -9.30. The van der Waals surface area contributed by atoms with Crippen molar-refractivity contribution in [2.75, 3.05) is 21.3 Å². The third kappa shape index (κ3) is 15.5. The summed E-state index contributed by atoms with van der Waals surface area (Å²) in [7, 11) is 5.29. The van der Waals surface area contributed by atoms with Crippen molar-refractivity contribution in [3.05, 3.63) is 235 Å². The van der Waals surface area contributed by atoms with Crippen LogP contribution in [0.1, 0.15) is 168 Å². The summed E-state index contributed by atoms with van der Waals surface area (Å²) in [6, 6.07) is 41.6. The molecule has 4 aliphatic carbocycles. The molecule has 19 heteroatoms. The average molecular weight is 1390 g/mol. The van der Waals surface area contributed by atoms with Crippen LogP contribution in [0.4, 0.5) is 0 Å². The molecule has 16 rings (SSSR count). The van der Waals surface area contributed by atoms with E-state index >= 15 is 0 Å². The normalized spacial score (nSPS) is 20.6. The summed E-state index contributed by atoms with van der Waals surface area (Å²) < 4.78 is 15.2. The Morgan fingerprint density at radius 1 is 0.422 bits per heavy atom. The maximum atomic E-state index is 13.5. The Kier molecular flexibility index (Phi) is 22.9. The number of aliphatic hydroxyl groups is 3. The number of hydrogen-bond acceptors (Lipinski definition) is 15. The molecule has 0 saturated heterocycles. The summed E-state index contributed by atoms with van der Waals surface area (Å²) in [5.74, 6) is 2.11. The number of ether oxygens (including phenoxy) is 2. The first-order chi connectivity index (χ1) is 49.8. The van der Waals surface area contributed by atoms with E-state index in [2.05, 4.69) is 67.4 Å². The first-order valence-corrected chi connectivity index (χ1v) is 36.7. The predicted octanol–water partition coefficient (Wildman–Crippen LogP) is 14.9. The third-order valence-corrected chi connectivity index (χ3v) is 21.8. The maximum absolute atomic E-state index is 13.5. The lowest BCUT2D eigenvalue weighted by Crippen LogP contribution is -2.35. The van der Waals surface area contributed by atoms with Gasteiger partial charge in [0.25, 0.3) is 16.7 Å². The van der Waals surface area contributed by atoms with E-state index in [-0.39, 0.29) is 34.8 Å². The van der Waals surface area contributed by atoms with E-state index in [1.165, 1.54) is 32.1 Å². The summed E-state index contributed by atoms with van der Waals surface area (Å²) in [6.07, 6.45) is 28.3. The largest absolute Gasteiger partial charge is 0.481 e. The SMILES string of the molecule is CC[C@@H]1CCCC[C@H]1NC.COc1ccc(Cc2cc3c(=O)n([C@H]4CCCC[C@@H]4O)cnc3c3ccccc23)cn1.COc1ccc(Cc2cc3c(=O)n([C@H]4CCCC[C@@H]4O)cnc3c3ccccc23)cn1.O=c1c2cc(Cc3ccc(Cl)nc3)c3ccccc3c2ncn1[C@H]1CCCC[C@@H]1O. The van der Waals surface area contributed by atoms with Crippen LogP contribution in [0.25, 0.3) is 65.0 Å². The van der Waals surface area contributed by atoms with E-state index in [1.54, 1.807) is 71.6 Å². The zero-order valence-electron chi connectivity index (χ0n) is 58.6. The number of methoxy groups -OCH3 is 2. The molecule has 528 valence electrons. The summed E-state index contributed by atoms with van der Waals surface area (Å²) >= 11 is 5.93. The van der Waals surface area contributed by atoms with Gasteiger partial charge in [0.15, 0.2) is 0 Å². The van der Waals surface area contributed by atoms with Gasteiger partial charge in [-0.25, -0.2) is 29.9 Å². The van der Waals surface area contributed by atoms with Crippen LogP contribution in [0.5, 0.6) is 11.8 Å². The van der Waals surface area contributed by atoms with Crippen LogP contribution in [-0.2, 0) is 19.3 Å². The van der Waals surface area contributed by atoms with Gasteiger partial charge in [0, 0.05) is 52.9 Å². The number of halogens is 1. The molecule has 4 aliphatic rings. The second kappa shape index (κ2) is 32.8. The number of nitrogens with one attached hydrogen (secondary N) is 1. The van der Waals surface area contributed by atoms with E-state index < -0.39 is 18.3 Å². The highest BCUT2D eigenvalue weighted by molar-refractivity contribution is 6.29. The lowest BCUT2D eigenvalue weighted by Gasteiger charge is -2.30. The Morgan fingerprint density at radius 3 is 1.06 bits per heavy atom. The predicted molar refractivity (Wildman–Crippen MR) is 405 cm³/mol. The topological polar surface area (TPSA) is 235 Å². The van der Waals surface area contributed by atoms with Gasteiger partial charge in [-0.2, -0.15) is 0 Å². The van der Waals surface area contributed by atoms with Gasteiger partial charge >= 0.3 is 0 Å². The number of rotatable bonds is 13. The molecule has 6 aromatic carbocycles. The zero-order valence-corrected chi connectivity index (χ0v) is 59.4. The minimum atomic E-state index is -0.504. The molecule has 102 heavy (non-hydrogen) atoms. The van der Waals surface area contributed by atoms with Gasteiger partial charge in [-0.1, -0.05) is 167 Å². The van der Waals surface area contributed by atoms with E-state index in [4.69, 9.17) is 21.1 Å². The van der Waals surface area contributed by atoms with Crippen molar-refractivity contribution >= 4 is 76.6 Å². The van der Waals surface area contributed by atoms with Crippen LogP contribution in [0.2, 0.25) is 5.15 Å². The second-order valence-electron chi connectivity index (χ2n) is 27.8. The lowest BCUT2D eigenvalue weighted by molar-refractivity contribution is 0.0733. The van der Waals surface area contributed by atoms with Crippen molar-refractivity contribution in [3.8, 4) is 11.8 Å². The van der Waals surface area contributed by atoms with E-state index in [0.717, 1.165) is 155 Å². The Morgan fingerprint density at radius 2 is 0.755 bits per heavy atom. The Balaban J connectivity index is 0.000000128. The van der Waals surface area contributed by atoms with Gasteiger partial charge in [-0.15, -0.1) is 0 Å². The van der Waals surface area contributed by atoms with Gasteiger partial charge in [-0.3, -0.25) is 28.1 Å². The second-order valence-corrected chi connectivity index (χ2v) is 28.2.